The van der Waals surface area contributed by atoms with Crippen molar-refractivity contribution in [3.05, 3.63) is 41.6 Å². The molecule has 3 unspecified atom stereocenters. The van der Waals surface area contributed by atoms with Gasteiger partial charge >= 0.3 is 0 Å². The van der Waals surface area contributed by atoms with Crippen LogP contribution in [0.5, 0.6) is 0 Å². The molecule has 1 fully saturated rings. The van der Waals surface area contributed by atoms with Crippen molar-refractivity contribution in [1.29, 1.82) is 0 Å². The number of benzene rings is 1. The van der Waals surface area contributed by atoms with Crippen molar-refractivity contribution in [3.63, 3.8) is 0 Å². The molecular formula is C17H21NO2. The number of ether oxygens (including phenoxy) is 1. The number of aliphatic hydroxyl groups is 1. The van der Waals surface area contributed by atoms with E-state index in [1.54, 1.807) is 0 Å². The standard InChI is InChI=1S/C17H21NO2/c1-3-16-14(8-9-20-16)17(19)13-6-7-15-12(10-13)5-4-11(2)18-15/h4-7,10,14,16-17,19H,3,8-9H2,1-2H3. The van der Waals surface area contributed by atoms with Crippen LogP contribution in [0.25, 0.3) is 10.9 Å². The lowest BCUT2D eigenvalue weighted by molar-refractivity contribution is 0.0308. The van der Waals surface area contributed by atoms with Crippen LogP contribution in [-0.2, 0) is 4.74 Å². The second-order valence-corrected chi connectivity index (χ2v) is 5.62. The van der Waals surface area contributed by atoms with Crippen LogP contribution in [0.3, 0.4) is 0 Å². The molecule has 1 aromatic heterocycles. The van der Waals surface area contributed by atoms with Gasteiger partial charge in [0.05, 0.1) is 17.7 Å². The van der Waals surface area contributed by atoms with Crippen LogP contribution in [-0.4, -0.2) is 22.8 Å². The van der Waals surface area contributed by atoms with E-state index in [1.165, 1.54) is 0 Å². The van der Waals surface area contributed by atoms with Crippen molar-refractivity contribution in [3.8, 4) is 0 Å². The predicted molar refractivity (Wildman–Crippen MR) is 79.6 cm³/mol. The summed E-state index contributed by atoms with van der Waals surface area (Å²) in [5.74, 6) is 0.204. The molecular weight excluding hydrogens is 250 g/mol. The fourth-order valence-electron chi connectivity index (χ4n) is 3.12. The second kappa shape index (κ2) is 5.51. The molecule has 0 spiro atoms. The normalized spacial score (nSPS) is 24.1. The highest BCUT2D eigenvalue weighted by Crippen LogP contribution is 2.35. The van der Waals surface area contributed by atoms with Crippen LogP contribution < -0.4 is 0 Å². The van der Waals surface area contributed by atoms with E-state index >= 15 is 0 Å². The molecule has 3 rings (SSSR count). The van der Waals surface area contributed by atoms with E-state index in [0.29, 0.717) is 0 Å². The van der Waals surface area contributed by atoms with Crippen molar-refractivity contribution >= 4 is 10.9 Å². The largest absolute Gasteiger partial charge is 0.388 e. The number of nitrogens with zero attached hydrogens (tertiary/aromatic N) is 1. The average Bonchev–Trinajstić information content (AvgIpc) is 2.94. The number of aryl methyl sites for hydroxylation is 1. The van der Waals surface area contributed by atoms with Gasteiger partial charge in [-0.1, -0.05) is 19.1 Å². The van der Waals surface area contributed by atoms with Crippen LogP contribution in [0, 0.1) is 12.8 Å². The molecule has 3 heteroatoms. The summed E-state index contributed by atoms with van der Waals surface area (Å²) >= 11 is 0. The van der Waals surface area contributed by atoms with Crippen molar-refractivity contribution < 1.29 is 9.84 Å². The van der Waals surface area contributed by atoms with Gasteiger partial charge in [-0.25, -0.2) is 0 Å². The first kappa shape index (κ1) is 13.5. The molecule has 1 N–H and O–H groups in total. The topological polar surface area (TPSA) is 42.4 Å². The summed E-state index contributed by atoms with van der Waals surface area (Å²) in [5.41, 5.74) is 2.97. The summed E-state index contributed by atoms with van der Waals surface area (Å²) in [4.78, 5) is 4.50. The molecule has 2 heterocycles. The quantitative estimate of drug-likeness (QED) is 0.930. The molecule has 1 aliphatic rings. The van der Waals surface area contributed by atoms with Gasteiger partial charge in [0, 0.05) is 23.6 Å². The Bertz CT molecular complexity index is 611. The van der Waals surface area contributed by atoms with E-state index in [4.69, 9.17) is 4.74 Å². The summed E-state index contributed by atoms with van der Waals surface area (Å²) in [6, 6.07) is 10.1. The Labute approximate surface area is 119 Å². The third-order valence-electron chi connectivity index (χ3n) is 4.26. The number of fused-ring (bicyclic) bond motifs is 1. The monoisotopic (exact) mass is 271 g/mol. The SMILES string of the molecule is CCC1OCCC1C(O)c1ccc2nc(C)ccc2c1. The highest BCUT2D eigenvalue weighted by Gasteiger charge is 2.33. The Kier molecular flexibility index (Phi) is 3.72. The minimum absolute atomic E-state index is 0.178. The fraction of sp³-hybridized carbons (Fsp3) is 0.471. The van der Waals surface area contributed by atoms with E-state index in [2.05, 4.69) is 24.0 Å². The molecule has 106 valence electrons. The van der Waals surface area contributed by atoms with Gasteiger partial charge in [-0.3, -0.25) is 4.98 Å². The molecule has 2 aromatic rings. The zero-order chi connectivity index (χ0) is 14.1. The maximum Gasteiger partial charge on any atom is 0.0844 e. The minimum atomic E-state index is -0.451. The molecule has 20 heavy (non-hydrogen) atoms. The van der Waals surface area contributed by atoms with Crippen LogP contribution in [0.2, 0.25) is 0 Å². The lowest BCUT2D eigenvalue weighted by atomic mass is 9.88. The summed E-state index contributed by atoms with van der Waals surface area (Å²) < 4.78 is 5.69. The number of hydrogen-bond donors (Lipinski definition) is 1. The van der Waals surface area contributed by atoms with Gasteiger partial charge in [-0.05, 0) is 43.5 Å². The van der Waals surface area contributed by atoms with Gasteiger partial charge in [-0.2, -0.15) is 0 Å². The number of pyridine rings is 1. The summed E-state index contributed by atoms with van der Waals surface area (Å²) in [5, 5.41) is 11.7. The Balaban J connectivity index is 1.91. The number of aromatic nitrogens is 1. The zero-order valence-corrected chi connectivity index (χ0v) is 12.0. The Morgan fingerprint density at radius 3 is 3.00 bits per heavy atom. The minimum Gasteiger partial charge on any atom is -0.388 e. The molecule has 0 amide bonds. The van der Waals surface area contributed by atoms with Gasteiger partial charge in [0.15, 0.2) is 0 Å². The highest BCUT2D eigenvalue weighted by molar-refractivity contribution is 5.79. The Morgan fingerprint density at radius 1 is 1.35 bits per heavy atom. The third-order valence-corrected chi connectivity index (χ3v) is 4.26. The Morgan fingerprint density at radius 2 is 2.20 bits per heavy atom. The van der Waals surface area contributed by atoms with Gasteiger partial charge in [0.1, 0.15) is 0 Å². The summed E-state index contributed by atoms with van der Waals surface area (Å²) in [6.07, 6.45) is 1.62. The molecule has 0 saturated carbocycles. The first-order valence-electron chi connectivity index (χ1n) is 7.36. The molecule has 3 nitrogen and oxygen atoms in total. The van der Waals surface area contributed by atoms with E-state index in [0.717, 1.165) is 41.6 Å². The first-order chi connectivity index (χ1) is 9.69. The predicted octanol–water partition coefficient (Wildman–Crippen LogP) is 3.39. The lowest BCUT2D eigenvalue weighted by Gasteiger charge is -2.23. The van der Waals surface area contributed by atoms with Crippen LogP contribution in [0.1, 0.15) is 37.1 Å². The summed E-state index contributed by atoms with van der Waals surface area (Å²) in [6.45, 7) is 4.86. The lowest BCUT2D eigenvalue weighted by Crippen LogP contribution is -2.22. The molecule has 1 saturated heterocycles. The van der Waals surface area contributed by atoms with Crippen LogP contribution in [0.15, 0.2) is 30.3 Å². The molecule has 0 aliphatic carbocycles. The van der Waals surface area contributed by atoms with Crippen molar-refractivity contribution in [2.45, 2.75) is 38.9 Å². The van der Waals surface area contributed by atoms with Crippen LogP contribution >= 0.6 is 0 Å². The number of aliphatic hydroxyl groups excluding tert-OH is 1. The van der Waals surface area contributed by atoms with Gasteiger partial charge < -0.3 is 9.84 Å². The molecule has 0 bridgehead atoms. The molecule has 3 atom stereocenters. The van der Waals surface area contributed by atoms with E-state index < -0.39 is 6.10 Å². The summed E-state index contributed by atoms with van der Waals surface area (Å²) in [7, 11) is 0. The van der Waals surface area contributed by atoms with Gasteiger partial charge in [0.2, 0.25) is 0 Å². The maximum absolute atomic E-state index is 10.6. The van der Waals surface area contributed by atoms with Gasteiger partial charge in [-0.15, -0.1) is 0 Å². The Hall–Kier alpha value is -1.45. The fourth-order valence-corrected chi connectivity index (χ4v) is 3.12. The third kappa shape index (κ3) is 2.43. The van der Waals surface area contributed by atoms with Gasteiger partial charge in [0.25, 0.3) is 0 Å². The number of hydrogen-bond acceptors (Lipinski definition) is 3. The van der Waals surface area contributed by atoms with Crippen molar-refractivity contribution in [1.82, 2.24) is 4.98 Å². The molecule has 1 aliphatic heterocycles. The highest BCUT2D eigenvalue weighted by atomic mass is 16.5. The van der Waals surface area contributed by atoms with Crippen LogP contribution in [0.4, 0.5) is 0 Å². The first-order valence-corrected chi connectivity index (χ1v) is 7.36. The smallest absolute Gasteiger partial charge is 0.0844 e. The molecule has 1 aromatic carbocycles. The maximum atomic E-state index is 10.6. The van der Waals surface area contributed by atoms with E-state index in [1.807, 2.05) is 25.1 Å². The zero-order valence-electron chi connectivity index (χ0n) is 12.0. The van der Waals surface area contributed by atoms with Crippen molar-refractivity contribution in [2.24, 2.45) is 5.92 Å². The molecule has 0 radical (unpaired) electrons. The van der Waals surface area contributed by atoms with E-state index in [9.17, 15) is 5.11 Å². The number of rotatable bonds is 3. The van der Waals surface area contributed by atoms with E-state index in [-0.39, 0.29) is 12.0 Å². The average molecular weight is 271 g/mol. The second-order valence-electron chi connectivity index (χ2n) is 5.62. The van der Waals surface area contributed by atoms with Crippen molar-refractivity contribution in [2.75, 3.05) is 6.61 Å².